The van der Waals surface area contributed by atoms with Crippen molar-refractivity contribution in [1.29, 1.82) is 0 Å². The fourth-order valence-electron chi connectivity index (χ4n) is 1.07. The van der Waals surface area contributed by atoms with Crippen LogP contribution < -0.4 is 10.5 Å². The highest BCUT2D eigenvalue weighted by Crippen LogP contribution is 2.34. The topological polar surface area (TPSA) is 65.2 Å². The van der Waals surface area contributed by atoms with E-state index in [1.165, 1.54) is 7.11 Å². The quantitative estimate of drug-likeness (QED) is 0.860. The smallest absolute Gasteiger partial charge is 0.271 e. The van der Waals surface area contributed by atoms with Crippen LogP contribution in [0.25, 0.3) is 0 Å². The van der Waals surface area contributed by atoms with E-state index in [9.17, 15) is 13.6 Å². The van der Waals surface area contributed by atoms with Gasteiger partial charge in [-0.3, -0.25) is 4.79 Å². The van der Waals surface area contributed by atoms with E-state index in [2.05, 4.69) is 4.98 Å². The lowest BCUT2D eigenvalue weighted by molar-refractivity contribution is 0.0990. The Kier molecular flexibility index (Phi) is 3.77. The monoisotopic (exact) mass is 328 g/mol. The molecule has 1 amide bonds. The van der Waals surface area contributed by atoms with Crippen LogP contribution in [0.15, 0.2) is 6.20 Å². The predicted octanol–water partition coefficient (Wildman–Crippen LogP) is 1.73. The average Bonchev–Trinajstić information content (AvgIpc) is 2.15. The number of rotatable bonds is 3. The van der Waals surface area contributed by atoms with Gasteiger partial charge >= 0.3 is 0 Å². The van der Waals surface area contributed by atoms with Crippen LogP contribution in [0.4, 0.5) is 8.78 Å². The molecule has 0 spiro atoms. The van der Waals surface area contributed by atoms with Crippen LogP contribution in [-0.2, 0) is 0 Å². The van der Waals surface area contributed by atoms with Crippen LogP contribution in [0.5, 0.6) is 5.75 Å². The van der Waals surface area contributed by atoms with Crippen molar-refractivity contribution in [3.05, 3.63) is 21.0 Å². The van der Waals surface area contributed by atoms with Gasteiger partial charge in [0.2, 0.25) is 0 Å². The van der Waals surface area contributed by atoms with E-state index in [-0.39, 0.29) is 20.6 Å². The van der Waals surface area contributed by atoms with Crippen molar-refractivity contribution in [2.24, 2.45) is 5.73 Å². The SMILES string of the molecule is COc1c(C(N)=O)ncc(I)c1C(F)F. The molecule has 0 aliphatic carbocycles. The normalized spacial score (nSPS) is 10.5. The van der Waals surface area contributed by atoms with Gasteiger partial charge in [0.05, 0.1) is 12.7 Å². The Morgan fingerprint density at radius 1 is 1.67 bits per heavy atom. The highest BCUT2D eigenvalue weighted by atomic mass is 127. The van der Waals surface area contributed by atoms with Gasteiger partial charge in [-0.15, -0.1) is 0 Å². The van der Waals surface area contributed by atoms with Crippen LogP contribution in [0.3, 0.4) is 0 Å². The summed E-state index contributed by atoms with van der Waals surface area (Å²) in [5.74, 6) is -1.16. The number of nitrogens with zero attached hydrogens (tertiary/aromatic N) is 1. The maximum Gasteiger partial charge on any atom is 0.271 e. The minimum atomic E-state index is -2.74. The summed E-state index contributed by atoms with van der Waals surface area (Å²) in [6.45, 7) is 0. The van der Waals surface area contributed by atoms with Gasteiger partial charge in [-0.05, 0) is 22.6 Å². The van der Waals surface area contributed by atoms with Gasteiger partial charge < -0.3 is 10.5 Å². The molecule has 0 bridgehead atoms. The molecule has 0 atom stereocenters. The highest BCUT2D eigenvalue weighted by molar-refractivity contribution is 14.1. The molecule has 82 valence electrons. The third-order valence-corrected chi connectivity index (χ3v) is 2.54. The molecular formula is C8H7F2IN2O2. The lowest BCUT2D eigenvalue weighted by Gasteiger charge is -2.11. The lowest BCUT2D eigenvalue weighted by Crippen LogP contribution is -2.16. The van der Waals surface area contributed by atoms with Gasteiger partial charge in [0.15, 0.2) is 11.4 Å². The Bertz CT molecular complexity index is 398. The summed E-state index contributed by atoms with van der Waals surface area (Å²) in [5, 5.41) is 0. The van der Waals surface area contributed by atoms with Gasteiger partial charge in [0.1, 0.15) is 0 Å². The second-order valence-corrected chi connectivity index (χ2v) is 3.73. The summed E-state index contributed by atoms with van der Waals surface area (Å²) >= 11 is 1.69. The number of primary amides is 1. The zero-order chi connectivity index (χ0) is 11.6. The first-order chi connectivity index (χ1) is 6.99. The van der Waals surface area contributed by atoms with Gasteiger partial charge in [-0.1, -0.05) is 0 Å². The van der Waals surface area contributed by atoms with Crippen molar-refractivity contribution in [2.75, 3.05) is 7.11 Å². The van der Waals surface area contributed by atoms with Crippen molar-refractivity contribution in [3.63, 3.8) is 0 Å². The lowest BCUT2D eigenvalue weighted by atomic mass is 10.2. The first-order valence-corrected chi connectivity index (χ1v) is 4.87. The van der Waals surface area contributed by atoms with Gasteiger partial charge in [-0.25, -0.2) is 13.8 Å². The summed E-state index contributed by atoms with van der Waals surface area (Å²) < 4.78 is 30.3. The Morgan fingerprint density at radius 3 is 2.67 bits per heavy atom. The maximum absolute atomic E-state index is 12.7. The van der Waals surface area contributed by atoms with Gasteiger partial charge in [0.25, 0.3) is 12.3 Å². The Balaban J connectivity index is 3.47. The standard InChI is InChI=1S/C8H7F2IN2O2/c1-15-6-4(7(9)10)3(11)2-13-5(6)8(12)14/h2,7H,1H3,(H2,12,14). The number of hydrogen-bond acceptors (Lipinski definition) is 3. The molecule has 4 nitrogen and oxygen atoms in total. The second-order valence-electron chi connectivity index (χ2n) is 2.57. The summed E-state index contributed by atoms with van der Waals surface area (Å²) in [4.78, 5) is 14.6. The Labute approximate surface area is 98.0 Å². The summed E-state index contributed by atoms with van der Waals surface area (Å²) in [7, 11) is 1.19. The number of ether oxygens (including phenoxy) is 1. The first-order valence-electron chi connectivity index (χ1n) is 3.79. The number of halogens is 3. The molecule has 1 aromatic heterocycles. The number of pyridine rings is 1. The van der Waals surface area contributed by atoms with E-state index in [0.29, 0.717) is 0 Å². The molecule has 15 heavy (non-hydrogen) atoms. The molecule has 0 saturated heterocycles. The van der Waals surface area contributed by atoms with Crippen molar-refractivity contribution in [1.82, 2.24) is 4.98 Å². The number of hydrogen-bond donors (Lipinski definition) is 1. The van der Waals surface area contributed by atoms with E-state index in [1.54, 1.807) is 22.6 Å². The van der Waals surface area contributed by atoms with Crippen LogP contribution in [-0.4, -0.2) is 18.0 Å². The number of amides is 1. The number of aromatic nitrogens is 1. The Hall–Kier alpha value is -0.990. The molecule has 0 fully saturated rings. The molecule has 7 heteroatoms. The maximum atomic E-state index is 12.7. The fourth-order valence-corrected chi connectivity index (χ4v) is 1.69. The Morgan fingerprint density at radius 2 is 2.27 bits per heavy atom. The van der Waals surface area contributed by atoms with Crippen LogP contribution >= 0.6 is 22.6 Å². The first kappa shape index (κ1) is 12.1. The number of carbonyl (C=O) groups excluding carboxylic acids is 1. The predicted molar refractivity (Wildman–Crippen MR) is 57.0 cm³/mol. The van der Waals surface area contributed by atoms with E-state index in [1.807, 2.05) is 0 Å². The molecule has 0 aliphatic rings. The molecular weight excluding hydrogens is 321 g/mol. The molecule has 1 aromatic rings. The van der Waals surface area contributed by atoms with Crippen molar-refractivity contribution < 1.29 is 18.3 Å². The summed E-state index contributed by atoms with van der Waals surface area (Å²) in [6.07, 6.45) is -1.59. The van der Waals surface area contributed by atoms with Crippen LogP contribution in [0.2, 0.25) is 0 Å². The van der Waals surface area contributed by atoms with E-state index < -0.39 is 12.3 Å². The number of methoxy groups -OCH3 is 1. The minimum absolute atomic E-state index is 0.226. The average molecular weight is 328 g/mol. The molecule has 1 rings (SSSR count). The minimum Gasteiger partial charge on any atom is -0.494 e. The summed E-state index contributed by atoms with van der Waals surface area (Å²) in [5.41, 5.74) is 4.34. The molecule has 0 radical (unpaired) electrons. The summed E-state index contributed by atoms with van der Waals surface area (Å²) in [6, 6.07) is 0. The van der Waals surface area contributed by atoms with Gasteiger partial charge in [0, 0.05) is 9.77 Å². The van der Waals surface area contributed by atoms with Crippen molar-refractivity contribution in [2.45, 2.75) is 6.43 Å². The zero-order valence-electron chi connectivity index (χ0n) is 7.63. The molecule has 0 aromatic carbocycles. The van der Waals surface area contributed by atoms with E-state index in [0.717, 1.165) is 6.20 Å². The fraction of sp³-hybridized carbons (Fsp3) is 0.250. The van der Waals surface area contributed by atoms with E-state index in [4.69, 9.17) is 10.5 Å². The second kappa shape index (κ2) is 4.69. The third-order valence-electron chi connectivity index (χ3n) is 1.68. The van der Waals surface area contributed by atoms with Crippen LogP contribution in [0.1, 0.15) is 22.5 Å². The number of nitrogens with two attached hydrogens (primary N) is 1. The largest absolute Gasteiger partial charge is 0.494 e. The zero-order valence-corrected chi connectivity index (χ0v) is 9.79. The number of alkyl halides is 2. The van der Waals surface area contributed by atoms with Crippen LogP contribution in [0, 0.1) is 3.57 Å². The molecule has 0 saturated carbocycles. The molecule has 1 heterocycles. The van der Waals surface area contributed by atoms with E-state index >= 15 is 0 Å². The highest BCUT2D eigenvalue weighted by Gasteiger charge is 2.24. The number of carbonyl (C=O) groups is 1. The third kappa shape index (κ3) is 2.33. The molecule has 0 unspecified atom stereocenters. The van der Waals surface area contributed by atoms with Crippen molar-refractivity contribution >= 4 is 28.5 Å². The molecule has 0 aliphatic heterocycles. The van der Waals surface area contributed by atoms with Gasteiger partial charge in [-0.2, -0.15) is 0 Å². The van der Waals surface area contributed by atoms with Crippen molar-refractivity contribution in [3.8, 4) is 5.75 Å². The molecule has 2 N–H and O–H groups in total.